The van der Waals surface area contributed by atoms with E-state index in [1.165, 1.54) is 11.3 Å². The molecule has 4 N–H and O–H groups in total. The molecular formula is C18H19N5O2S2. The number of hydrogen-bond acceptors (Lipinski definition) is 5. The second kappa shape index (κ2) is 7.85. The number of rotatable bonds is 3. The van der Waals surface area contributed by atoms with Crippen molar-refractivity contribution >= 4 is 50.5 Å². The molecule has 0 atom stereocenters. The molecule has 0 radical (unpaired) electrons. The standard InChI is InChI=1S/C18H19N5O2S2/c1-9-5-4-6-12(7-9)19-18(26)23-22-14(24)8-13-20-16(25)15-10(2)11(3)27-17(15)21-13/h4-7H,8H2,1-3H3,(H,22,24)(H2,19,23,26)(H,20,21,25). The number of carbonyl (C=O) groups excluding carboxylic acids is 1. The summed E-state index contributed by atoms with van der Waals surface area (Å²) in [7, 11) is 0. The maximum Gasteiger partial charge on any atom is 0.259 e. The van der Waals surface area contributed by atoms with E-state index in [9.17, 15) is 9.59 Å². The van der Waals surface area contributed by atoms with Gasteiger partial charge < -0.3 is 10.3 Å². The molecule has 0 saturated heterocycles. The molecule has 2 aromatic heterocycles. The van der Waals surface area contributed by atoms with Gasteiger partial charge in [-0.15, -0.1) is 11.3 Å². The SMILES string of the molecule is Cc1cccc(NC(=S)NNC(=O)Cc2nc3sc(C)c(C)c3c(=O)[nH]2)c1. The van der Waals surface area contributed by atoms with Crippen LogP contribution in [0, 0.1) is 20.8 Å². The zero-order valence-electron chi connectivity index (χ0n) is 15.1. The van der Waals surface area contributed by atoms with Crippen molar-refractivity contribution in [1.82, 2.24) is 20.8 Å². The number of nitrogens with one attached hydrogen (secondary N) is 4. The number of aromatic nitrogens is 2. The minimum Gasteiger partial charge on any atom is -0.331 e. The molecule has 3 rings (SSSR count). The lowest BCUT2D eigenvalue weighted by Gasteiger charge is -2.11. The average molecular weight is 402 g/mol. The zero-order valence-corrected chi connectivity index (χ0v) is 16.7. The normalized spacial score (nSPS) is 10.6. The first-order chi connectivity index (χ1) is 12.8. The van der Waals surface area contributed by atoms with Gasteiger partial charge in [-0.1, -0.05) is 12.1 Å². The van der Waals surface area contributed by atoms with Crippen molar-refractivity contribution < 1.29 is 4.79 Å². The summed E-state index contributed by atoms with van der Waals surface area (Å²) in [6.45, 7) is 5.81. The van der Waals surface area contributed by atoms with E-state index in [0.29, 0.717) is 16.0 Å². The summed E-state index contributed by atoms with van der Waals surface area (Å²) in [5.74, 6) is -0.0542. The molecule has 7 nitrogen and oxygen atoms in total. The van der Waals surface area contributed by atoms with Crippen LogP contribution in [0.2, 0.25) is 0 Å². The summed E-state index contributed by atoms with van der Waals surface area (Å²) in [5.41, 5.74) is 7.75. The van der Waals surface area contributed by atoms with Crippen LogP contribution in [0.15, 0.2) is 29.1 Å². The third-order valence-electron chi connectivity index (χ3n) is 4.01. The molecule has 9 heteroatoms. The van der Waals surface area contributed by atoms with E-state index in [2.05, 4.69) is 26.1 Å². The molecule has 140 valence electrons. The summed E-state index contributed by atoms with van der Waals surface area (Å²) in [5, 5.41) is 3.82. The fraction of sp³-hybridized carbons (Fsp3) is 0.222. The molecule has 3 aromatic rings. The maximum absolute atomic E-state index is 12.2. The molecule has 0 unspecified atom stereocenters. The number of thiophene rings is 1. The molecule has 27 heavy (non-hydrogen) atoms. The second-order valence-corrected chi connectivity index (χ2v) is 7.76. The second-order valence-electron chi connectivity index (χ2n) is 6.15. The number of aromatic amines is 1. The maximum atomic E-state index is 12.2. The Hall–Kier alpha value is -2.78. The van der Waals surface area contributed by atoms with Crippen LogP contribution in [0.3, 0.4) is 0 Å². The number of fused-ring (bicyclic) bond motifs is 1. The first-order valence-electron chi connectivity index (χ1n) is 8.25. The fourth-order valence-electron chi connectivity index (χ4n) is 2.59. The summed E-state index contributed by atoms with van der Waals surface area (Å²) in [6.07, 6.45) is -0.0682. The van der Waals surface area contributed by atoms with E-state index < -0.39 is 0 Å². The van der Waals surface area contributed by atoms with Crippen molar-refractivity contribution in [3.05, 3.63) is 56.4 Å². The molecule has 0 saturated carbocycles. The molecule has 1 aromatic carbocycles. The van der Waals surface area contributed by atoms with Crippen molar-refractivity contribution in [3.63, 3.8) is 0 Å². The Morgan fingerprint density at radius 1 is 1.26 bits per heavy atom. The van der Waals surface area contributed by atoms with Crippen LogP contribution in [-0.4, -0.2) is 21.0 Å². The van der Waals surface area contributed by atoms with Crippen LogP contribution in [0.5, 0.6) is 0 Å². The van der Waals surface area contributed by atoms with Gasteiger partial charge in [-0.05, 0) is 56.2 Å². The summed E-state index contributed by atoms with van der Waals surface area (Å²) >= 11 is 6.60. The Morgan fingerprint density at radius 2 is 2.04 bits per heavy atom. The predicted molar refractivity (Wildman–Crippen MR) is 112 cm³/mol. The van der Waals surface area contributed by atoms with Crippen molar-refractivity contribution in [2.75, 3.05) is 5.32 Å². The molecule has 0 bridgehead atoms. The Bertz CT molecular complexity index is 1090. The number of amides is 1. The Morgan fingerprint density at radius 3 is 2.78 bits per heavy atom. The minimum atomic E-state index is -0.365. The Kier molecular flexibility index (Phi) is 5.52. The molecule has 0 spiro atoms. The van der Waals surface area contributed by atoms with Crippen LogP contribution >= 0.6 is 23.6 Å². The molecule has 0 aliphatic rings. The number of hydrazine groups is 1. The first-order valence-corrected chi connectivity index (χ1v) is 9.47. The molecule has 0 aliphatic heterocycles. The van der Waals surface area contributed by atoms with Crippen LogP contribution < -0.4 is 21.7 Å². The van der Waals surface area contributed by atoms with Gasteiger partial charge in [0.2, 0.25) is 5.91 Å². The third kappa shape index (κ3) is 4.50. The van der Waals surface area contributed by atoms with Gasteiger partial charge >= 0.3 is 0 Å². The quantitative estimate of drug-likeness (QED) is 0.398. The fourth-order valence-corrected chi connectivity index (χ4v) is 3.81. The van der Waals surface area contributed by atoms with Crippen LogP contribution in [0.4, 0.5) is 5.69 Å². The number of H-pyrrole nitrogens is 1. The zero-order chi connectivity index (χ0) is 19.6. The number of benzene rings is 1. The van der Waals surface area contributed by atoms with E-state index in [-0.39, 0.29) is 23.0 Å². The molecular weight excluding hydrogens is 382 g/mol. The number of carbonyl (C=O) groups is 1. The smallest absolute Gasteiger partial charge is 0.259 e. The van der Waals surface area contributed by atoms with Gasteiger partial charge in [0.15, 0.2) is 5.11 Å². The molecule has 1 amide bonds. The topological polar surface area (TPSA) is 98.9 Å². The van der Waals surface area contributed by atoms with Gasteiger partial charge in [-0.3, -0.25) is 20.4 Å². The predicted octanol–water partition coefficient (Wildman–Crippen LogP) is 2.47. The van der Waals surface area contributed by atoms with Gasteiger partial charge in [0.1, 0.15) is 10.7 Å². The number of anilines is 1. The Labute approximate surface area is 165 Å². The van der Waals surface area contributed by atoms with Crippen molar-refractivity contribution in [2.45, 2.75) is 27.2 Å². The number of nitrogens with zero attached hydrogens (tertiary/aromatic N) is 1. The lowest BCUT2D eigenvalue weighted by molar-refractivity contribution is -0.121. The Balaban J connectivity index is 1.60. The van der Waals surface area contributed by atoms with Crippen LogP contribution in [0.25, 0.3) is 10.2 Å². The van der Waals surface area contributed by atoms with Crippen LogP contribution in [-0.2, 0) is 11.2 Å². The van der Waals surface area contributed by atoms with Gasteiger partial charge in [-0.2, -0.15) is 0 Å². The first kappa shape index (κ1) is 19.0. The van der Waals surface area contributed by atoms with E-state index in [1.807, 2.05) is 45.0 Å². The summed E-state index contributed by atoms with van der Waals surface area (Å²) < 4.78 is 0. The van der Waals surface area contributed by atoms with Crippen molar-refractivity contribution in [3.8, 4) is 0 Å². The van der Waals surface area contributed by atoms with Crippen molar-refractivity contribution in [2.24, 2.45) is 0 Å². The lowest BCUT2D eigenvalue weighted by atomic mass is 10.2. The lowest BCUT2D eigenvalue weighted by Crippen LogP contribution is -2.44. The van der Waals surface area contributed by atoms with E-state index >= 15 is 0 Å². The average Bonchev–Trinajstić information content (AvgIpc) is 2.87. The van der Waals surface area contributed by atoms with Gasteiger partial charge in [0, 0.05) is 10.6 Å². The number of hydrogen-bond donors (Lipinski definition) is 4. The van der Waals surface area contributed by atoms with E-state index in [0.717, 1.165) is 21.7 Å². The highest BCUT2D eigenvalue weighted by molar-refractivity contribution is 7.80. The summed E-state index contributed by atoms with van der Waals surface area (Å²) in [4.78, 5) is 33.1. The minimum absolute atomic E-state index is 0.0682. The van der Waals surface area contributed by atoms with Crippen LogP contribution in [0.1, 0.15) is 21.8 Å². The van der Waals surface area contributed by atoms with Gasteiger partial charge in [0.25, 0.3) is 5.56 Å². The van der Waals surface area contributed by atoms with E-state index in [4.69, 9.17) is 12.2 Å². The van der Waals surface area contributed by atoms with E-state index in [1.54, 1.807) is 0 Å². The highest BCUT2D eigenvalue weighted by Gasteiger charge is 2.13. The van der Waals surface area contributed by atoms with Crippen molar-refractivity contribution in [1.29, 1.82) is 0 Å². The molecule has 2 heterocycles. The van der Waals surface area contributed by atoms with Gasteiger partial charge in [0.05, 0.1) is 11.8 Å². The molecule has 0 fully saturated rings. The highest BCUT2D eigenvalue weighted by Crippen LogP contribution is 2.25. The number of aryl methyl sites for hydroxylation is 3. The molecule has 0 aliphatic carbocycles. The number of thiocarbonyl (C=S) groups is 1. The van der Waals surface area contributed by atoms with Gasteiger partial charge in [-0.25, -0.2) is 4.98 Å². The monoisotopic (exact) mass is 401 g/mol. The highest BCUT2D eigenvalue weighted by atomic mass is 32.1. The third-order valence-corrected chi connectivity index (χ3v) is 5.31. The largest absolute Gasteiger partial charge is 0.331 e. The summed E-state index contributed by atoms with van der Waals surface area (Å²) in [6, 6.07) is 7.69.